The highest BCUT2D eigenvalue weighted by Crippen LogP contribution is 2.30. The number of halogens is 1. The van der Waals surface area contributed by atoms with Gasteiger partial charge in [-0.3, -0.25) is 14.4 Å². The largest absolute Gasteiger partial charge is 0.486 e. The minimum atomic E-state index is -0.665. The predicted molar refractivity (Wildman–Crippen MR) is 100 cm³/mol. The summed E-state index contributed by atoms with van der Waals surface area (Å²) in [6.45, 7) is 0.0457. The minimum absolute atomic E-state index is 0.0846. The van der Waals surface area contributed by atoms with Gasteiger partial charge in [-0.1, -0.05) is 12.1 Å². The van der Waals surface area contributed by atoms with E-state index >= 15 is 0 Å². The van der Waals surface area contributed by atoms with E-state index in [-0.39, 0.29) is 31.3 Å². The van der Waals surface area contributed by atoms with E-state index in [2.05, 4.69) is 5.32 Å². The first kappa shape index (κ1) is 20.3. The van der Waals surface area contributed by atoms with Crippen LogP contribution in [0.1, 0.15) is 23.2 Å². The number of rotatable bonds is 8. The number of hydrogen-bond acceptors (Lipinski definition) is 6. The number of ketones is 1. The van der Waals surface area contributed by atoms with Gasteiger partial charge in [0.1, 0.15) is 18.5 Å². The number of benzene rings is 2. The number of carbonyl (C=O) groups is 3. The van der Waals surface area contributed by atoms with Crippen molar-refractivity contribution in [3.05, 3.63) is 59.9 Å². The maximum Gasteiger partial charge on any atom is 0.306 e. The van der Waals surface area contributed by atoms with E-state index in [1.807, 2.05) is 12.1 Å². The third-order valence-electron chi connectivity index (χ3n) is 4.18. The average molecular weight is 401 g/mol. The molecule has 152 valence electrons. The van der Waals surface area contributed by atoms with Crippen LogP contribution < -0.4 is 14.8 Å². The molecule has 0 radical (unpaired) electrons. The molecule has 0 aliphatic carbocycles. The second-order valence-corrected chi connectivity index (χ2v) is 6.39. The molecule has 2 aromatic rings. The van der Waals surface area contributed by atoms with E-state index in [4.69, 9.17) is 14.2 Å². The molecule has 1 heterocycles. The molecule has 29 heavy (non-hydrogen) atoms. The predicted octanol–water partition coefficient (Wildman–Crippen LogP) is 2.29. The first-order valence-electron chi connectivity index (χ1n) is 9.11. The molecule has 2 aromatic carbocycles. The van der Waals surface area contributed by atoms with Gasteiger partial charge in [-0.2, -0.15) is 0 Å². The Balaban J connectivity index is 1.32. The zero-order valence-corrected chi connectivity index (χ0v) is 15.6. The van der Waals surface area contributed by atoms with Crippen LogP contribution >= 0.6 is 0 Å². The number of hydrogen-bond donors (Lipinski definition) is 1. The molecular weight excluding hydrogens is 381 g/mol. The molecule has 0 unspecified atom stereocenters. The van der Waals surface area contributed by atoms with Crippen molar-refractivity contribution in [2.45, 2.75) is 18.9 Å². The van der Waals surface area contributed by atoms with Gasteiger partial charge in [0.2, 0.25) is 0 Å². The normalized spacial score (nSPS) is 14.7. The summed E-state index contributed by atoms with van der Waals surface area (Å²) >= 11 is 0. The van der Waals surface area contributed by atoms with Crippen molar-refractivity contribution < 1.29 is 33.0 Å². The Morgan fingerprint density at radius 2 is 1.76 bits per heavy atom. The fourth-order valence-electron chi connectivity index (χ4n) is 2.66. The Morgan fingerprint density at radius 1 is 1.03 bits per heavy atom. The molecule has 0 fully saturated rings. The molecule has 1 N–H and O–H groups in total. The number of carbonyl (C=O) groups excluding carboxylic acids is 3. The van der Waals surface area contributed by atoms with Gasteiger partial charge in [0.15, 0.2) is 23.9 Å². The fraction of sp³-hybridized carbons (Fsp3) is 0.286. The summed E-state index contributed by atoms with van der Waals surface area (Å²) in [4.78, 5) is 35.5. The van der Waals surface area contributed by atoms with Gasteiger partial charge in [-0.15, -0.1) is 0 Å². The molecule has 0 bridgehead atoms. The lowest BCUT2D eigenvalue weighted by Gasteiger charge is -2.26. The van der Waals surface area contributed by atoms with Gasteiger partial charge < -0.3 is 19.5 Å². The number of amides is 1. The van der Waals surface area contributed by atoms with Crippen LogP contribution in [-0.4, -0.2) is 43.5 Å². The zero-order valence-electron chi connectivity index (χ0n) is 15.6. The summed E-state index contributed by atoms with van der Waals surface area (Å²) in [5, 5.41) is 2.61. The molecule has 0 saturated carbocycles. The van der Waals surface area contributed by atoms with E-state index in [1.165, 1.54) is 24.3 Å². The molecule has 8 heteroatoms. The van der Waals surface area contributed by atoms with Crippen molar-refractivity contribution in [3.63, 3.8) is 0 Å². The lowest BCUT2D eigenvalue weighted by atomic mass is 10.1. The Morgan fingerprint density at radius 3 is 2.52 bits per heavy atom. The highest BCUT2D eigenvalue weighted by molar-refractivity contribution is 5.97. The maximum atomic E-state index is 12.8. The summed E-state index contributed by atoms with van der Waals surface area (Å²) in [6.07, 6.45) is -0.601. The topological polar surface area (TPSA) is 90.9 Å². The third kappa shape index (κ3) is 6.03. The van der Waals surface area contributed by atoms with Crippen LogP contribution in [0.2, 0.25) is 0 Å². The molecule has 1 aliphatic rings. The van der Waals surface area contributed by atoms with E-state index in [9.17, 15) is 18.8 Å². The first-order valence-corrected chi connectivity index (χ1v) is 9.11. The Labute approximate surface area is 166 Å². The SMILES string of the molecule is O=C(COC(=O)CCC(=O)c1ccc(F)cc1)NC[C@H]1COc2ccccc2O1. The fourth-order valence-corrected chi connectivity index (χ4v) is 2.66. The number of Topliss-reactive ketones (excluding diaryl/α,β-unsaturated/α-hetero) is 1. The first-order chi connectivity index (χ1) is 14.0. The van der Waals surface area contributed by atoms with Crippen molar-refractivity contribution in [1.29, 1.82) is 0 Å². The van der Waals surface area contributed by atoms with Crippen LogP contribution in [0.15, 0.2) is 48.5 Å². The summed E-state index contributed by atoms with van der Waals surface area (Å²) < 4.78 is 29.0. The van der Waals surface area contributed by atoms with Crippen LogP contribution in [-0.2, 0) is 14.3 Å². The Bertz CT molecular complexity index is 883. The van der Waals surface area contributed by atoms with Crippen LogP contribution in [0.25, 0.3) is 0 Å². The molecule has 0 aromatic heterocycles. The Kier molecular flexibility index (Phi) is 6.78. The van der Waals surface area contributed by atoms with Crippen molar-refractivity contribution in [2.24, 2.45) is 0 Å². The summed E-state index contributed by atoms with van der Waals surface area (Å²) in [5.41, 5.74) is 0.313. The van der Waals surface area contributed by atoms with Crippen LogP contribution in [0.5, 0.6) is 11.5 Å². The number of para-hydroxylation sites is 2. The second-order valence-electron chi connectivity index (χ2n) is 6.39. The van der Waals surface area contributed by atoms with Crippen molar-refractivity contribution in [2.75, 3.05) is 19.8 Å². The lowest BCUT2D eigenvalue weighted by molar-refractivity contribution is -0.148. The maximum absolute atomic E-state index is 12.8. The average Bonchev–Trinajstić information content (AvgIpc) is 2.75. The van der Waals surface area contributed by atoms with Crippen molar-refractivity contribution in [1.82, 2.24) is 5.32 Å². The van der Waals surface area contributed by atoms with Gasteiger partial charge in [0, 0.05) is 12.0 Å². The van der Waals surface area contributed by atoms with Crippen LogP contribution in [0.3, 0.4) is 0 Å². The van der Waals surface area contributed by atoms with Gasteiger partial charge in [-0.05, 0) is 36.4 Å². The van der Waals surface area contributed by atoms with Crippen molar-refractivity contribution >= 4 is 17.7 Å². The summed E-state index contributed by atoms with van der Waals surface area (Å²) in [5.74, 6) is -0.635. The third-order valence-corrected chi connectivity index (χ3v) is 4.18. The number of fused-ring (bicyclic) bond motifs is 1. The molecule has 0 saturated heterocycles. The number of ether oxygens (including phenoxy) is 3. The molecule has 1 aliphatic heterocycles. The van der Waals surface area contributed by atoms with Gasteiger partial charge in [-0.25, -0.2) is 4.39 Å². The van der Waals surface area contributed by atoms with Gasteiger partial charge in [0.05, 0.1) is 13.0 Å². The number of nitrogens with one attached hydrogen (secondary N) is 1. The van der Waals surface area contributed by atoms with Gasteiger partial charge in [0.25, 0.3) is 5.91 Å². The summed E-state index contributed by atoms with van der Waals surface area (Å²) in [7, 11) is 0. The summed E-state index contributed by atoms with van der Waals surface area (Å²) in [6, 6.07) is 12.3. The van der Waals surface area contributed by atoms with Gasteiger partial charge >= 0.3 is 5.97 Å². The second kappa shape index (κ2) is 9.68. The highest BCUT2D eigenvalue weighted by Gasteiger charge is 2.21. The minimum Gasteiger partial charge on any atom is -0.486 e. The van der Waals surface area contributed by atoms with Crippen LogP contribution in [0.4, 0.5) is 4.39 Å². The smallest absolute Gasteiger partial charge is 0.306 e. The zero-order chi connectivity index (χ0) is 20.6. The Hall–Kier alpha value is -3.42. The molecule has 0 spiro atoms. The van der Waals surface area contributed by atoms with Crippen LogP contribution in [0, 0.1) is 5.82 Å². The molecule has 1 atom stereocenters. The number of esters is 1. The highest BCUT2D eigenvalue weighted by atomic mass is 19.1. The molecule has 7 nitrogen and oxygen atoms in total. The molecule has 3 rings (SSSR count). The van der Waals surface area contributed by atoms with E-state index < -0.39 is 24.3 Å². The van der Waals surface area contributed by atoms with E-state index in [0.29, 0.717) is 23.7 Å². The van der Waals surface area contributed by atoms with E-state index in [0.717, 1.165) is 0 Å². The molecule has 1 amide bonds. The van der Waals surface area contributed by atoms with E-state index in [1.54, 1.807) is 12.1 Å². The lowest BCUT2D eigenvalue weighted by Crippen LogP contribution is -2.42. The van der Waals surface area contributed by atoms with Crippen molar-refractivity contribution in [3.8, 4) is 11.5 Å². The quantitative estimate of drug-likeness (QED) is 0.539. The molecular formula is C21H20FNO6. The monoisotopic (exact) mass is 401 g/mol. The standard InChI is InChI=1S/C21H20FNO6/c22-15-7-5-14(6-8-15)17(24)9-10-21(26)28-13-20(25)23-11-16-12-27-18-3-1-2-4-19(18)29-16/h1-8,16H,9-13H2,(H,23,25)/t16-/m0/s1.